The predicted octanol–water partition coefficient (Wildman–Crippen LogP) is 0.780. The Balaban J connectivity index is 3.18. The number of aromatic carboxylic acids is 1. The number of nitrogen functional groups attached to an aromatic ring is 1. The predicted molar refractivity (Wildman–Crippen MR) is 43.2 cm³/mol. The van der Waals surface area contributed by atoms with Crippen LogP contribution in [0.4, 0.5) is 5.69 Å². The minimum Gasteiger partial charge on any atom is -0.478 e. The fraction of sp³-hybridized carbons (Fsp3) is 0. The summed E-state index contributed by atoms with van der Waals surface area (Å²) in [5.74, 6) is -1.06. The zero-order chi connectivity index (χ0) is 9.14. The van der Waals surface area contributed by atoms with Crippen LogP contribution in [0.15, 0.2) is 18.2 Å². The first-order chi connectivity index (χ1) is 5.65. The summed E-state index contributed by atoms with van der Waals surface area (Å²) in [5, 5.41) is 8.53. The fourth-order valence-corrected chi connectivity index (χ4v) is 0.815. The number of hydrogen-bond donors (Lipinski definition) is 2. The Morgan fingerprint density at radius 1 is 1.50 bits per heavy atom. The van der Waals surface area contributed by atoms with Crippen LogP contribution in [0.1, 0.15) is 20.7 Å². The first-order valence-electron chi connectivity index (χ1n) is 3.23. The number of carboxylic acid groups (broad SMARTS) is 1. The highest BCUT2D eigenvalue weighted by Gasteiger charge is 2.04. The van der Waals surface area contributed by atoms with E-state index in [1.165, 1.54) is 18.2 Å². The van der Waals surface area contributed by atoms with Gasteiger partial charge < -0.3 is 10.8 Å². The Morgan fingerprint density at radius 2 is 2.17 bits per heavy atom. The maximum absolute atomic E-state index is 10.4. The first-order valence-corrected chi connectivity index (χ1v) is 3.23. The first kappa shape index (κ1) is 8.26. The molecule has 0 saturated carbocycles. The van der Waals surface area contributed by atoms with Crippen LogP contribution in [0.2, 0.25) is 0 Å². The molecule has 0 saturated heterocycles. The van der Waals surface area contributed by atoms with Gasteiger partial charge in [0.1, 0.15) is 0 Å². The van der Waals surface area contributed by atoms with Crippen LogP contribution in [0.3, 0.4) is 0 Å². The summed E-state index contributed by atoms with van der Waals surface area (Å²) in [6, 6.07) is 3.97. The van der Waals surface area contributed by atoms with Crippen molar-refractivity contribution >= 4 is 17.9 Å². The van der Waals surface area contributed by atoms with Gasteiger partial charge in [-0.15, -0.1) is 0 Å². The topological polar surface area (TPSA) is 80.4 Å². The Kier molecular flexibility index (Phi) is 2.09. The number of carboxylic acids is 1. The summed E-state index contributed by atoms with van der Waals surface area (Å²) >= 11 is 0. The van der Waals surface area contributed by atoms with E-state index in [9.17, 15) is 9.59 Å². The molecule has 0 radical (unpaired) electrons. The fourth-order valence-electron chi connectivity index (χ4n) is 0.815. The van der Waals surface area contributed by atoms with Gasteiger partial charge in [-0.3, -0.25) is 4.79 Å². The Labute approximate surface area is 68.6 Å². The van der Waals surface area contributed by atoms with Gasteiger partial charge >= 0.3 is 5.97 Å². The number of carbonyl (C=O) groups is 2. The second-order valence-electron chi connectivity index (χ2n) is 2.27. The second-order valence-corrected chi connectivity index (χ2v) is 2.27. The zero-order valence-corrected chi connectivity index (χ0v) is 6.15. The molecule has 1 aromatic rings. The largest absolute Gasteiger partial charge is 0.478 e. The van der Waals surface area contributed by atoms with Crippen molar-refractivity contribution in [2.24, 2.45) is 0 Å². The maximum atomic E-state index is 10.4. The number of aldehydes is 1. The van der Waals surface area contributed by atoms with Crippen molar-refractivity contribution in [2.45, 2.75) is 0 Å². The summed E-state index contributed by atoms with van der Waals surface area (Å²) < 4.78 is 0. The molecule has 4 nitrogen and oxygen atoms in total. The average molecular weight is 165 g/mol. The number of rotatable bonds is 2. The zero-order valence-electron chi connectivity index (χ0n) is 6.15. The quantitative estimate of drug-likeness (QED) is 0.501. The normalized spacial score (nSPS) is 9.33. The lowest BCUT2D eigenvalue weighted by Gasteiger charge is -1.98. The highest BCUT2D eigenvalue weighted by Crippen LogP contribution is 2.11. The van der Waals surface area contributed by atoms with E-state index in [0.29, 0.717) is 11.8 Å². The van der Waals surface area contributed by atoms with Gasteiger partial charge in [-0.05, 0) is 18.2 Å². The van der Waals surface area contributed by atoms with Crippen LogP contribution >= 0.6 is 0 Å². The lowest BCUT2D eigenvalue weighted by molar-refractivity contribution is 0.0696. The molecule has 12 heavy (non-hydrogen) atoms. The molecule has 0 atom stereocenters. The Bertz CT molecular complexity index is 333. The van der Waals surface area contributed by atoms with E-state index in [1.807, 2.05) is 0 Å². The molecule has 1 aromatic carbocycles. The number of anilines is 1. The molecule has 0 spiro atoms. The molecule has 62 valence electrons. The van der Waals surface area contributed by atoms with Crippen LogP contribution in [-0.4, -0.2) is 17.4 Å². The van der Waals surface area contributed by atoms with Crippen LogP contribution in [-0.2, 0) is 0 Å². The van der Waals surface area contributed by atoms with E-state index in [2.05, 4.69) is 0 Å². The van der Waals surface area contributed by atoms with Gasteiger partial charge in [0.05, 0.1) is 5.56 Å². The number of benzene rings is 1. The third-order valence-corrected chi connectivity index (χ3v) is 1.46. The molecule has 0 fully saturated rings. The third kappa shape index (κ3) is 1.42. The van der Waals surface area contributed by atoms with Crippen molar-refractivity contribution in [1.29, 1.82) is 0 Å². The van der Waals surface area contributed by atoms with Crippen molar-refractivity contribution in [2.75, 3.05) is 5.73 Å². The van der Waals surface area contributed by atoms with Gasteiger partial charge in [-0.2, -0.15) is 0 Å². The summed E-state index contributed by atoms with van der Waals surface area (Å²) in [6.07, 6.45) is 0.584. The number of hydrogen-bond acceptors (Lipinski definition) is 3. The molecule has 0 unspecified atom stereocenters. The molecule has 0 aliphatic rings. The van der Waals surface area contributed by atoms with Crippen LogP contribution in [0.5, 0.6) is 0 Å². The molecule has 3 N–H and O–H groups in total. The lowest BCUT2D eigenvalue weighted by Crippen LogP contribution is -2.00. The van der Waals surface area contributed by atoms with E-state index in [4.69, 9.17) is 10.8 Å². The number of nitrogens with two attached hydrogens (primary N) is 1. The molecule has 0 heterocycles. The van der Waals surface area contributed by atoms with Crippen molar-refractivity contribution in [3.8, 4) is 0 Å². The third-order valence-electron chi connectivity index (χ3n) is 1.46. The minimum atomic E-state index is -1.06. The van der Waals surface area contributed by atoms with E-state index >= 15 is 0 Å². The molecule has 0 aromatic heterocycles. The van der Waals surface area contributed by atoms with Crippen molar-refractivity contribution in [3.05, 3.63) is 29.3 Å². The molecule has 1 rings (SSSR count). The average Bonchev–Trinajstić information content (AvgIpc) is 2.04. The highest BCUT2D eigenvalue weighted by atomic mass is 16.4. The molecule has 0 amide bonds. The van der Waals surface area contributed by atoms with Crippen LogP contribution in [0.25, 0.3) is 0 Å². The van der Waals surface area contributed by atoms with E-state index in [1.54, 1.807) is 0 Å². The van der Waals surface area contributed by atoms with Gasteiger partial charge in [0.15, 0.2) is 6.29 Å². The minimum absolute atomic E-state index is 0.0816. The standard InChI is InChI=1S/C8H7NO3/c9-7-3-5(8(11)12)1-2-6(7)4-10/h1-4H,9H2,(H,11,12). The van der Waals surface area contributed by atoms with Gasteiger partial charge in [-0.1, -0.05) is 0 Å². The van der Waals surface area contributed by atoms with E-state index < -0.39 is 5.97 Å². The Hall–Kier alpha value is -1.84. The smallest absolute Gasteiger partial charge is 0.335 e. The van der Waals surface area contributed by atoms with E-state index in [0.717, 1.165) is 0 Å². The van der Waals surface area contributed by atoms with Crippen molar-refractivity contribution < 1.29 is 14.7 Å². The second kappa shape index (κ2) is 3.04. The summed E-state index contributed by atoms with van der Waals surface area (Å²) in [5.41, 5.74) is 5.95. The molecule has 0 aliphatic heterocycles. The van der Waals surface area contributed by atoms with Gasteiger partial charge in [0.2, 0.25) is 0 Å². The van der Waals surface area contributed by atoms with Crippen LogP contribution < -0.4 is 5.73 Å². The van der Waals surface area contributed by atoms with E-state index in [-0.39, 0.29) is 11.3 Å². The maximum Gasteiger partial charge on any atom is 0.335 e. The summed E-state index contributed by atoms with van der Waals surface area (Å²) in [6.45, 7) is 0. The molecular formula is C8H7NO3. The SMILES string of the molecule is Nc1cc(C(=O)O)ccc1C=O. The van der Waals surface area contributed by atoms with Crippen LogP contribution in [0, 0.1) is 0 Å². The molecule has 0 bridgehead atoms. The van der Waals surface area contributed by atoms with Crippen molar-refractivity contribution in [1.82, 2.24) is 0 Å². The van der Waals surface area contributed by atoms with Gasteiger partial charge in [-0.25, -0.2) is 4.79 Å². The molecule has 0 aliphatic carbocycles. The lowest BCUT2D eigenvalue weighted by atomic mass is 10.1. The highest BCUT2D eigenvalue weighted by molar-refractivity contribution is 5.92. The summed E-state index contributed by atoms with van der Waals surface area (Å²) in [7, 11) is 0. The van der Waals surface area contributed by atoms with Gasteiger partial charge in [0.25, 0.3) is 0 Å². The summed E-state index contributed by atoms with van der Waals surface area (Å²) in [4.78, 5) is 20.7. The van der Waals surface area contributed by atoms with Crippen molar-refractivity contribution in [3.63, 3.8) is 0 Å². The number of carbonyl (C=O) groups excluding carboxylic acids is 1. The van der Waals surface area contributed by atoms with Gasteiger partial charge in [0, 0.05) is 11.3 Å². The molecular weight excluding hydrogens is 158 g/mol. The Morgan fingerprint density at radius 3 is 2.58 bits per heavy atom. The monoisotopic (exact) mass is 165 g/mol. The molecule has 4 heteroatoms.